The van der Waals surface area contributed by atoms with E-state index in [1.54, 1.807) is 0 Å². The standard InChI is InChI=1S/C17H23ClN2O2/c18-15-3-1-2-14(10-15)16-11-19-7-8-20(16)17(21)6-9-22-12-13-4-5-13/h1-3,10,13,16,19H,4-9,11-12H2. The summed E-state index contributed by atoms with van der Waals surface area (Å²) in [5.41, 5.74) is 1.09. The van der Waals surface area contributed by atoms with Crippen molar-refractivity contribution in [1.82, 2.24) is 10.2 Å². The number of carbonyl (C=O) groups excluding carboxylic acids is 1. The van der Waals surface area contributed by atoms with Crippen LogP contribution in [0, 0.1) is 5.92 Å². The van der Waals surface area contributed by atoms with Gasteiger partial charge in [-0.2, -0.15) is 0 Å². The summed E-state index contributed by atoms with van der Waals surface area (Å²) < 4.78 is 5.59. The molecular weight excluding hydrogens is 300 g/mol. The zero-order valence-electron chi connectivity index (χ0n) is 12.8. The van der Waals surface area contributed by atoms with Crippen LogP contribution in [0.4, 0.5) is 0 Å². The molecule has 5 heteroatoms. The van der Waals surface area contributed by atoms with Crippen molar-refractivity contribution in [3.63, 3.8) is 0 Å². The van der Waals surface area contributed by atoms with Crippen LogP contribution in [0.2, 0.25) is 5.02 Å². The van der Waals surface area contributed by atoms with Gasteiger partial charge in [-0.05, 0) is 36.5 Å². The highest BCUT2D eigenvalue weighted by Crippen LogP contribution is 2.29. The first kappa shape index (κ1) is 15.8. The largest absolute Gasteiger partial charge is 0.381 e. The van der Waals surface area contributed by atoms with Gasteiger partial charge in [-0.1, -0.05) is 23.7 Å². The lowest BCUT2D eigenvalue weighted by Crippen LogP contribution is -2.48. The van der Waals surface area contributed by atoms with Gasteiger partial charge in [-0.3, -0.25) is 4.79 Å². The van der Waals surface area contributed by atoms with Gasteiger partial charge in [0.15, 0.2) is 0 Å². The van der Waals surface area contributed by atoms with Crippen LogP contribution in [0.15, 0.2) is 24.3 Å². The third kappa shape index (κ3) is 4.22. The molecule has 120 valence electrons. The minimum Gasteiger partial charge on any atom is -0.381 e. The molecule has 1 aliphatic carbocycles. The number of carbonyl (C=O) groups is 1. The molecule has 1 aromatic rings. The SMILES string of the molecule is O=C(CCOCC1CC1)N1CCNCC1c1cccc(Cl)c1. The van der Waals surface area contributed by atoms with Gasteiger partial charge in [0.05, 0.1) is 19.1 Å². The first-order chi connectivity index (χ1) is 10.7. The van der Waals surface area contributed by atoms with Gasteiger partial charge in [-0.15, -0.1) is 0 Å². The van der Waals surface area contributed by atoms with Crippen molar-refractivity contribution in [1.29, 1.82) is 0 Å². The summed E-state index contributed by atoms with van der Waals surface area (Å²) in [6, 6.07) is 7.84. The molecule has 2 fully saturated rings. The fourth-order valence-electron chi connectivity index (χ4n) is 2.85. The number of benzene rings is 1. The van der Waals surface area contributed by atoms with Crippen LogP contribution in [0.25, 0.3) is 0 Å². The first-order valence-electron chi connectivity index (χ1n) is 8.07. The van der Waals surface area contributed by atoms with Gasteiger partial charge in [-0.25, -0.2) is 0 Å². The topological polar surface area (TPSA) is 41.6 Å². The Hall–Kier alpha value is -1.10. The maximum atomic E-state index is 12.5. The van der Waals surface area contributed by atoms with Crippen molar-refractivity contribution in [2.24, 2.45) is 5.92 Å². The van der Waals surface area contributed by atoms with Gasteiger partial charge in [0.1, 0.15) is 0 Å². The summed E-state index contributed by atoms with van der Waals surface area (Å²) in [5.74, 6) is 0.913. The maximum absolute atomic E-state index is 12.5. The van der Waals surface area contributed by atoms with Crippen LogP contribution in [0.1, 0.15) is 30.9 Å². The molecule has 3 rings (SSSR count). The number of amides is 1. The molecule has 1 aliphatic heterocycles. The number of rotatable bonds is 6. The Morgan fingerprint density at radius 2 is 2.27 bits per heavy atom. The summed E-state index contributed by atoms with van der Waals surface area (Å²) >= 11 is 6.09. The average molecular weight is 323 g/mol. The van der Waals surface area contributed by atoms with E-state index >= 15 is 0 Å². The average Bonchev–Trinajstić information content (AvgIpc) is 3.36. The molecule has 22 heavy (non-hydrogen) atoms. The summed E-state index contributed by atoms with van der Waals surface area (Å²) in [6.07, 6.45) is 3.02. The van der Waals surface area contributed by atoms with E-state index in [0.29, 0.717) is 18.1 Å². The van der Waals surface area contributed by atoms with E-state index in [9.17, 15) is 4.79 Å². The van der Waals surface area contributed by atoms with E-state index in [2.05, 4.69) is 5.32 Å². The number of hydrogen-bond acceptors (Lipinski definition) is 3. The lowest BCUT2D eigenvalue weighted by atomic mass is 10.0. The molecule has 1 saturated carbocycles. The van der Waals surface area contributed by atoms with E-state index in [-0.39, 0.29) is 11.9 Å². The van der Waals surface area contributed by atoms with Gasteiger partial charge >= 0.3 is 0 Å². The second kappa shape index (κ2) is 7.44. The molecule has 0 spiro atoms. The molecule has 0 aromatic heterocycles. The zero-order valence-corrected chi connectivity index (χ0v) is 13.5. The highest BCUT2D eigenvalue weighted by Gasteiger charge is 2.28. The van der Waals surface area contributed by atoms with E-state index in [0.717, 1.165) is 37.7 Å². The fourth-order valence-corrected chi connectivity index (χ4v) is 3.05. The van der Waals surface area contributed by atoms with E-state index in [1.165, 1.54) is 12.8 Å². The summed E-state index contributed by atoms with van der Waals surface area (Å²) in [7, 11) is 0. The lowest BCUT2D eigenvalue weighted by Gasteiger charge is -2.36. The molecule has 0 radical (unpaired) electrons. The van der Waals surface area contributed by atoms with Crippen LogP contribution in [-0.2, 0) is 9.53 Å². The van der Waals surface area contributed by atoms with Gasteiger partial charge in [0.25, 0.3) is 0 Å². The van der Waals surface area contributed by atoms with Gasteiger partial charge in [0, 0.05) is 31.3 Å². The van der Waals surface area contributed by atoms with Crippen molar-refractivity contribution in [2.45, 2.75) is 25.3 Å². The van der Waals surface area contributed by atoms with E-state index in [1.807, 2.05) is 29.2 Å². The highest BCUT2D eigenvalue weighted by atomic mass is 35.5. The number of nitrogens with one attached hydrogen (secondary N) is 1. The summed E-state index contributed by atoms with van der Waals surface area (Å²) in [6.45, 7) is 3.69. The molecule has 1 atom stereocenters. The Balaban J connectivity index is 1.57. The van der Waals surface area contributed by atoms with E-state index in [4.69, 9.17) is 16.3 Å². The Morgan fingerprint density at radius 1 is 1.41 bits per heavy atom. The minimum atomic E-state index is 0.0587. The molecule has 0 bridgehead atoms. The molecule has 1 heterocycles. The molecule has 1 amide bonds. The summed E-state index contributed by atoms with van der Waals surface area (Å²) in [5, 5.41) is 4.07. The Labute approximate surface area is 136 Å². The van der Waals surface area contributed by atoms with Crippen LogP contribution >= 0.6 is 11.6 Å². The molecule has 4 nitrogen and oxygen atoms in total. The lowest BCUT2D eigenvalue weighted by molar-refractivity contribution is -0.135. The van der Waals surface area contributed by atoms with Crippen LogP contribution in [-0.4, -0.2) is 43.7 Å². The first-order valence-corrected chi connectivity index (χ1v) is 8.45. The van der Waals surface area contributed by atoms with E-state index < -0.39 is 0 Å². The van der Waals surface area contributed by atoms with Crippen molar-refractivity contribution in [3.05, 3.63) is 34.9 Å². The maximum Gasteiger partial charge on any atom is 0.225 e. The molecule has 1 unspecified atom stereocenters. The summed E-state index contributed by atoms with van der Waals surface area (Å²) in [4.78, 5) is 14.5. The second-order valence-corrected chi connectivity index (χ2v) is 6.57. The number of piperazine rings is 1. The molecule has 1 aromatic carbocycles. The monoisotopic (exact) mass is 322 g/mol. The zero-order chi connectivity index (χ0) is 15.4. The van der Waals surface area contributed by atoms with Crippen molar-refractivity contribution in [2.75, 3.05) is 32.8 Å². The third-order valence-electron chi connectivity index (χ3n) is 4.31. The van der Waals surface area contributed by atoms with Crippen LogP contribution < -0.4 is 5.32 Å². The Kier molecular flexibility index (Phi) is 5.34. The van der Waals surface area contributed by atoms with Gasteiger partial charge < -0.3 is 15.0 Å². The molecule has 2 aliphatic rings. The minimum absolute atomic E-state index is 0.0587. The van der Waals surface area contributed by atoms with Crippen LogP contribution in [0.3, 0.4) is 0 Å². The molecular formula is C17H23ClN2O2. The normalized spacial score (nSPS) is 21.9. The Bertz CT molecular complexity index is 519. The predicted octanol–water partition coefficient (Wildman–Crippen LogP) is 2.63. The third-order valence-corrected chi connectivity index (χ3v) is 4.54. The fraction of sp³-hybridized carbons (Fsp3) is 0.588. The van der Waals surface area contributed by atoms with Crippen molar-refractivity contribution in [3.8, 4) is 0 Å². The highest BCUT2D eigenvalue weighted by molar-refractivity contribution is 6.30. The number of hydrogen-bond donors (Lipinski definition) is 1. The quantitative estimate of drug-likeness (QED) is 0.819. The van der Waals surface area contributed by atoms with Crippen LogP contribution in [0.5, 0.6) is 0 Å². The van der Waals surface area contributed by atoms with Gasteiger partial charge in [0.2, 0.25) is 5.91 Å². The predicted molar refractivity (Wildman–Crippen MR) is 86.9 cm³/mol. The number of nitrogens with zero attached hydrogens (tertiary/aromatic N) is 1. The second-order valence-electron chi connectivity index (χ2n) is 6.13. The van der Waals surface area contributed by atoms with Crippen molar-refractivity contribution >= 4 is 17.5 Å². The smallest absolute Gasteiger partial charge is 0.225 e. The van der Waals surface area contributed by atoms with Crippen molar-refractivity contribution < 1.29 is 9.53 Å². The number of halogens is 1. The Morgan fingerprint density at radius 3 is 3.05 bits per heavy atom. The molecule has 1 saturated heterocycles. The molecule has 1 N–H and O–H groups in total. The number of ether oxygens (including phenoxy) is 1.